The van der Waals surface area contributed by atoms with E-state index in [1.54, 1.807) is 0 Å². The van der Waals surface area contributed by atoms with E-state index in [-0.39, 0.29) is 5.56 Å². The number of nitrogens with zero attached hydrogens (tertiary/aromatic N) is 3. The van der Waals surface area contributed by atoms with E-state index < -0.39 is 5.91 Å². The van der Waals surface area contributed by atoms with Crippen LogP contribution in [-0.4, -0.2) is 20.5 Å². The maximum absolute atomic E-state index is 11.9. The zero-order chi connectivity index (χ0) is 16.0. The molecule has 116 valence electrons. The molecule has 3 aromatic rings. The Morgan fingerprint density at radius 1 is 1.26 bits per heavy atom. The van der Waals surface area contributed by atoms with E-state index in [1.807, 2.05) is 36.4 Å². The molecule has 7 nitrogen and oxygen atoms in total. The van der Waals surface area contributed by atoms with Gasteiger partial charge in [-0.1, -0.05) is 18.2 Å². The Bertz CT molecular complexity index is 898. The number of para-hydroxylation sites is 1. The molecule has 1 aliphatic rings. The van der Waals surface area contributed by atoms with Gasteiger partial charge < -0.3 is 16.8 Å². The number of nitrogen functional groups attached to an aromatic ring is 1. The molecule has 23 heavy (non-hydrogen) atoms. The smallest absolute Gasteiger partial charge is 0.256 e. The predicted octanol–water partition coefficient (Wildman–Crippen LogP) is 2.03. The number of carbonyl (C=O) groups excluding carboxylic acids is 1. The van der Waals surface area contributed by atoms with E-state index in [9.17, 15) is 4.79 Å². The standard InChI is InChI=1S/C16H16N6O/c17-12-8-11(9-6-7-9)20-16-13(14(18)23)15(21-22(12)16)19-10-4-2-1-3-5-10/h1-5,8-9H,6-7,17H2,(H2,18,23)(H,19,21). The fourth-order valence-corrected chi connectivity index (χ4v) is 2.62. The van der Waals surface area contributed by atoms with Crippen LogP contribution in [0.15, 0.2) is 36.4 Å². The Kier molecular flexibility index (Phi) is 2.94. The molecule has 0 spiro atoms. The SMILES string of the molecule is NC(=O)c1c(Nc2ccccc2)nn2c(N)cc(C3CC3)nc12. The van der Waals surface area contributed by atoms with Gasteiger partial charge in [-0.25, -0.2) is 4.98 Å². The summed E-state index contributed by atoms with van der Waals surface area (Å²) < 4.78 is 1.46. The molecule has 0 unspecified atom stereocenters. The van der Waals surface area contributed by atoms with Gasteiger partial charge in [-0.3, -0.25) is 4.79 Å². The molecule has 7 heteroatoms. The lowest BCUT2D eigenvalue weighted by molar-refractivity contribution is 0.100. The summed E-state index contributed by atoms with van der Waals surface area (Å²) in [5.74, 6) is 0.637. The summed E-state index contributed by atoms with van der Waals surface area (Å²) in [6.45, 7) is 0. The first kappa shape index (κ1) is 13.6. The molecule has 0 radical (unpaired) electrons. The number of nitrogens with two attached hydrogens (primary N) is 2. The molecule has 0 saturated heterocycles. The minimum absolute atomic E-state index is 0.253. The average molecular weight is 308 g/mol. The number of carbonyl (C=O) groups is 1. The number of aromatic nitrogens is 3. The molecule has 5 N–H and O–H groups in total. The number of hydrogen-bond donors (Lipinski definition) is 3. The van der Waals surface area contributed by atoms with Crippen LogP contribution in [0.25, 0.3) is 5.65 Å². The molecule has 4 rings (SSSR count). The van der Waals surface area contributed by atoms with Crippen molar-refractivity contribution in [2.75, 3.05) is 11.1 Å². The first-order valence-corrected chi connectivity index (χ1v) is 7.44. The summed E-state index contributed by atoms with van der Waals surface area (Å²) in [6, 6.07) is 11.3. The van der Waals surface area contributed by atoms with Crippen LogP contribution in [0.2, 0.25) is 0 Å². The number of benzene rings is 1. The van der Waals surface area contributed by atoms with Crippen molar-refractivity contribution in [2.45, 2.75) is 18.8 Å². The van der Waals surface area contributed by atoms with Crippen LogP contribution >= 0.6 is 0 Å². The summed E-state index contributed by atoms with van der Waals surface area (Å²) in [5, 5.41) is 7.47. The second kappa shape index (κ2) is 4.98. The minimum atomic E-state index is -0.585. The molecule has 1 fully saturated rings. The van der Waals surface area contributed by atoms with Gasteiger partial charge in [0.25, 0.3) is 5.91 Å². The molecular formula is C16H16N6O. The molecule has 0 aliphatic heterocycles. The third-order valence-electron chi connectivity index (χ3n) is 3.91. The molecule has 1 aliphatic carbocycles. The molecule has 1 amide bonds. The second-order valence-corrected chi connectivity index (χ2v) is 5.69. The third-order valence-corrected chi connectivity index (χ3v) is 3.91. The van der Waals surface area contributed by atoms with Crippen LogP contribution in [0.1, 0.15) is 34.8 Å². The molecule has 0 bridgehead atoms. The van der Waals surface area contributed by atoms with E-state index in [1.165, 1.54) is 4.52 Å². The Balaban J connectivity index is 1.88. The number of primary amides is 1. The van der Waals surface area contributed by atoms with E-state index in [0.717, 1.165) is 24.2 Å². The third kappa shape index (κ3) is 2.36. The monoisotopic (exact) mass is 308 g/mol. The van der Waals surface area contributed by atoms with Crippen molar-refractivity contribution >= 4 is 28.9 Å². The molecular weight excluding hydrogens is 292 g/mol. The number of nitrogens with one attached hydrogen (secondary N) is 1. The van der Waals surface area contributed by atoms with E-state index >= 15 is 0 Å². The number of fused-ring (bicyclic) bond motifs is 1. The topological polar surface area (TPSA) is 111 Å². The Morgan fingerprint density at radius 2 is 2.00 bits per heavy atom. The highest BCUT2D eigenvalue weighted by Crippen LogP contribution is 2.40. The van der Waals surface area contributed by atoms with Gasteiger partial charge >= 0.3 is 0 Å². The lowest BCUT2D eigenvalue weighted by Gasteiger charge is -2.03. The first-order chi connectivity index (χ1) is 11.1. The fourth-order valence-electron chi connectivity index (χ4n) is 2.62. The van der Waals surface area contributed by atoms with Crippen molar-refractivity contribution in [1.29, 1.82) is 0 Å². The molecule has 0 atom stereocenters. The zero-order valence-electron chi connectivity index (χ0n) is 12.4. The van der Waals surface area contributed by atoms with Crippen LogP contribution in [0.5, 0.6) is 0 Å². The Hall–Kier alpha value is -3.09. The highest BCUT2D eigenvalue weighted by Gasteiger charge is 2.28. The van der Waals surface area contributed by atoms with Crippen molar-refractivity contribution in [3.05, 3.63) is 47.7 Å². The largest absolute Gasteiger partial charge is 0.384 e. The molecule has 1 aromatic carbocycles. The van der Waals surface area contributed by atoms with Gasteiger partial charge in [0, 0.05) is 23.4 Å². The molecule has 2 heterocycles. The minimum Gasteiger partial charge on any atom is -0.384 e. The Morgan fingerprint density at radius 3 is 2.65 bits per heavy atom. The van der Waals surface area contributed by atoms with Crippen LogP contribution in [0.4, 0.5) is 17.3 Å². The van der Waals surface area contributed by atoms with E-state index in [4.69, 9.17) is 11.5 Å². The zero-order valence-corrected chi connectivity index (χ0v) is 12.4. The summed E-state index contributed by atoms with van der Waals surface area (Å²) in [5.41, 5.74) is 14.0. The van der Waals surface area contributed by atoms with E-state index in [2.05, 4.69) is 15.4 Å². The van der Waals surface area contributed by atoms with Crippen molar-refractivity contribution in [1.82, 2.24) is 14.6 Å². The number of rotatable bonds is 4. The molecule has 1 saturated carbocycles. The molecule has 2 aromatic heterocycles. The highest BCUT2D eigenvalue weighted by atomic mass is 16.1. The maximum Gasteiger partial charge on any atom is 0.256 e. The summed E-state index contributed by atoms with van der Waals surface area (Å²) in [4.78, 5) is 16.5. The van der Waals surface area contributed by atoms with Crippen LogP contribution in [0, 0.1) is 0 Å². The van der Waals surface area contributed by atoms with Gasteiger partial charge in [-0.05, 0) is 25.0 Å². The highest BCUT2D eigenvalue weighted by molar-refractivity contribution is 6.04. The predicted molar refractivity (Wildman–Crippen MR) is 87.6 cm³/mol. The van der Waals surface area contributed by atoms with Gasteiger partial charge in [0.05, 0.1) is 0 Å². The van der Waals surface area contributed by atoms with Crippen molar-refractivity contribution < 1.29 is 4.79 Å². The number of amides is 1. The second-order valence-electron chi connectivity index (χ2n) is 5.69. The lowest BCUT2D eigenvalue weighted by atomic mass is 10.2. The van der Waals surface area contributed by atoms with Gasteiger partial charge in [0.15, 0.2) is 11.5 Å². The summed E-state index contributed by atoms with van der Waals surface area (Å²) in [6.07, 6.45) is 2.19. The number of anilines is 3. The van der Waals surface area contributed by atoms with Crippen molar-refractivity contribution in [2.24, 2.45) is 5.73 Å². The first-order valence-electron chi connectivity index (χ1n) is 7.44. The lowest BCUT2D eigenvalue weighted by Crippen LogP contribution is -2.13. The van der Waals surface area contributed by atoms with Crippen LogP contribution in [-0.2, 0) is 0 Å². The fraction of sp³-hybridized carbons (Fsp3) is 0.188. The average Bonchev–Trinajstić information content (AvgIpc) is 3.30. The number of hydrogen-bond acceptors (Lipinski definition) is 5. The van der Waals surface area contributed by atoms with Crippen LogP contribution < -0.4 is 16.8 Å². The normalized spacial score (nSPS) is 14.1. The van der Waals surface area contributed by atoms with Crippen LogP contribution in [0.3, 0.4) is 0 Å². The van der Waals surface area contributed by atoms with E-state index in [0.29, 0.717) is 23.2 Å². The van der Waals surface area contributed by atoms with Gasteiger partial charge in [0.1, 0.15) is 11.4 Å². The van der Waals surface area contributed by atoms with Gasteiger partial charge in [-0.15, -0.1) is 5.10 Å². The quantitative estimate of drug-likeness (QED) is 0.683. The summed E-state index contributed by atoms with van der Waals surface area (Å²) in [7, 11) is 0. The van der Waals surface area contributed by atoms with Crippen molar-refractivity contribution in [3.63, 3.8) is 0 Å². The summed E-state index contributed by atoms with van der Waals surface area (Å²) >= 11 is 0. The Labute approximate surface area is 132 Å². The van der Waals surface area contributed by atoms with Crippen molar-refractivity contribution in [3.8, 4) is 0 Å². The maximum atomic E-state index is 11.9. The van der Waals surface area contributed by atoms with Gasteiger partial charge in [0.2, 0.25) is 0 Å². The van der Waals surface area contributed by atoms with Gasteiger partial charge in [-0.2, -0.15) is 4.52 Å².